The Bertz CT molecular complexity index is 435. The van der Waals surface area contributed by atoms with Crippen LogP contribution in [0.1, 0.15) is 34.9 Å². The maximum atomic E-state index is 10.8. The Balaban J connectivity index is 2.22. The molecule has 2 heterocycles. The van der Waals surface area contributed by atoms with Crippen molar-refractivity contribution in [1.82, 2.24) is 14.9 Å². The van der Waals surface area contributed by atoms with Crippen LogP contribution in [0.5, 0.6) is 0 Å². The molecular formula is C11H16N4O2. The lowest BCUT2D eigenvalue weighted by Crippen LogP contribution is -2.31. The van der Waals surface area contributed by atoms with Crippen molar-refractivity contribution in [3.63, 3.8) is 0 Å². The van der Waals surface area contributed by atoms with Gasteiger partial charge in [0.05, 0.1) is 0 Å². The Kier molecular flexibility index (Phi) is 3.23. The highest BCUT2D eigenvalue weighted by Crippen LogP contribution is 2.24. The van der Waals surface area contributed by atoms with Crippen molar-refractivity contribution < 1.29 is 9.90 Å². The summed E-state index contributed by atoms with van der Waals surface area (Å²) in [5, 5.41) is 8.84. The summed E-state index contributed by atoms with van der Waals surface area (Å²) in [4.78, 5) is 21.2. The minimum atomic E-state index is -1.09. The number of likely N-dealkylation sites (N-methyl/N-ethyl adjacent to an activating group) is 1. The molecule has 3 N–H and O–H groups in total. The second-order valence-electron chi connectivity index (χ2n) is 4.43. The van der Waals surface area contributed by atoms with Gasteiger partial charge in [-0.2, -0.15) is 0 Å². The van der Waals surface area contributed by atoms with E-state index >= 15 is 0 Å². The molecule has 2 rings (SSSR count). The van der Waals surface area contributed by atoms with Crippen molar-refractivity contribution in [2.45, 2.75) is 18.8 Å². The number of hydrogen-bond acceptors (Lipinski definition) is 5. The summed E-state index contributed by atoms with van der Waals surface area (Å²) >= 11 is 0. The molecule has 6 heteroatoms. The molecule has 0 bridgehead atoms. The van der Waals surface area contributed by atoms with E-state index in [1.54, 1.807) is 0 Å². The number of likely N-dealkylation sites (tertiary alicyclic amines) is 1. The standard InChI is InChI=1S/C11H16N4O2/c1-15-4-2-3-7(6-15)10-13-5-8(11(16)17)9(12)14-10/h5,7H,2-4,6H2,1H3,(H,16,17)(H2,12,13,14). The molecular weight excluding hydrogens is 220 g/mol. The van der Waals surface area contributed by atoms with E-state index in [-0.39, 0.29) is 17.3 Å². The molecule has 6 nitrogen and oxygen atoms in total. The van der Waals surface area contributed by atoms with Crippen LogP contribution in [0.15, 0.2) is 6.20 Å². The van der Waals surface area contributed by atoms with Crippen LogP contribution in [0.4, 0.5) is 5.82 Å². The van der Waals surface area contributed by atoms with Crippen LogP contribution in [-0.2, 0) is 0 Å². The molecule has 1 aliphatic rings. The van der Waals surface area contributed by atoms with Gasteiger partial charge in [-0.05, 0) is 26.4 Å². The van der Waals surface area contributed by atoms with Gasteiger partial charge in [0.2, 0.25) is 0 Å². The van der Waals surface area contributed by atoms with Gasteiger partial charge < -0.3 is 15.7 Å². The molecule has 92 valence electrons. The van der Waals surface area contributed by atoms with Gasteiger partial charge in [0.15, 0.2) is 0 Å². The summed E-state index contributed by atoms with van der Waals surface area (Å²) in [7, 11) is 2.06. The summed E-state index contributed by atoms with van der Waals surface area (Å²) in [6.45, 7) is 1.98. The van der Waals surface area contributed by atoms with E-state index in [4.69, 9.17) is 10.8 Å². The lowest BCUT2D eigenvalue weighted by atomic mass is 9.97. The number of aromatic carboxylic acids is 1. The van der Waals surface area contributed by atoms with E-state index in [1.165, 1.54) is 6.20 Å². The molecule has 0 saturated carbocycles. The number of anilines is 1. The number of nitrogens with zero attached hydrogens (tertiary/aromatic N) is 3. The van der Waals surface area contributed by atoms with Gasteiger partial charge in [-0.25, -0.2) is 14.8 Å². The van der Waals surface area contributed by atoms with Crippen molar-refractivity contribution >= 4 is 11.8 Å². The van der Waals surface area contributed by atoms with Crippen molar-refractivity contribution in [1.29, 1.82) is 0 Å². The molecule has 1 unspecified atom stereocenters. The molecule has 0 radical (unpaired) electrons. The summed E-state index contributed by atoms with van der Waals surface area (Å²) in [5.74, 6) is -0.136. The number of hydrogen-bond donors (Lipinski definition) is 2. The van der Waals surface area contributed by atoms with E-state index in [9.17, 15) is 4.79 Å². The number of carbonyl (C=O) groups is 1. The Morgan fingerprint density at radius 3 is 3.00 bits per heavy atom. The van der Waals surface area contributed by atoms with Gasteiger partial charge in [-0.3, -0.25) is 0 Å². The molecule has 17 heavy (non-hydrogen) atoms. The molecule has 0 amide bonds. The van der Waals surface area contributed by atoms with Crippen molar-refractivity contribution in [2.24, 2.45) is 0 Å². The third kappa shape index (κ3) is 2.52. The van der Waals surface area contributed by atoms with E-state index in [2.05, 4.69) is 21.9 Å². The van der Waals surface area contributed by atoms with E-state index in [0.717, 1.165) is 25.9 Å². The first-order valence-corrected chi connectivity index (χ1v) is 5.62. The zero-order valence-electron chi connectivity index (χ0n) is 9.76. The number of piperidine rings is 1. The molecule has 1 fully saturated rings. The molecule has 1 atom stereocenters. The highest BCUT2D eigenvalue weighted by Gasteiger charge is 2.22. The van der Waals surface area contributed by atoms with Crippen molar-refractivity contribution in [3.8, 4) is 0 Å². The van der Waals surface area contributed by atoms with Crippen LogP contribution in [0.3, 0.4) is 0 Å². The average molecular weight is 236 g/mol. The van der Waals surface area contributed by atoms with Crippen LogP contribution in [-0.4, -0.2) is 46.1 Å². The largest absolute Gasteiger partial charge is 0.477 e. The third-order valence-electron chi connectivity index (χ3n) is 3.06. The van der Waals surface area contributed by atoms with Gasteiger partial charge in [-0.1, -0.05) is 0 Å². The molecule has 1 aliphatic heterocycles. The van der Waals surface area contributed by atoms with Crippen LogP contribution in [0.2, 0.25) is 0 Å². The fourth-order valence-corrected chi connectivity index (χ4v) is 2.15. The average Bonchev–Trinajstić information content (AvgIpc) is 2.28. The topological polar surface area (TPSA) is 92.3 Å². The first kappa shape index (κ1) is 11.8. The SMILES string of the molecule is CN1CCCC(c2ncc(C(=O)O)c(N)n2)C1. The van der Waals surface area contributed by atoms with Crippen LogP contribution in [0.25, 0.3) is 0 Å². The number of carboxylic acid groups (broad SMARTS) is 1. The Morgan fingerprint density at radius 1 is 1.65 bits per heavy atom. The zero-order chi connectivity index (χ0) is 12.4. The number of nitrogen functional groups attached to an aromatic ring is 1. The summed E-state index contributed by atoms with van der Waals surface area (Å²) in [6.07, 6.45) is 3.43. The summed E-state index contributed by atoms with van der Waals surface area (Å²) in [5.41, 5.74) is 5.59. The van der Waals surface area contributed by atoms with Crippen molar-refractivity contribution in [3.05, 3.63) is 17.6 Å². The van der Waals surface area contributed by atoms with Crippen LogP contribution in [0, 0.1) is 0 Å². The van der Waals surface area contributed by atoms with Gasteiger partial charge in [0.1, 0.15) is 17.2 Å². The normalized spacial score (nSPS) is 21.4. The van der Waals surface area contributed by atoms with E-state index in [0.29, 0.717) is 5.82 Å². The number of nitrogens with two attached hydrogens (primary N) is 1. The molecule has 1 saturated heterocycles. The second kappa shape index (κ2) is 4.67. The Labute approximate surface area is 99.5 Å². The van der Waals surface area contributed by atoms with E-state index in [1.807, 2.05) is 0 Å². The van der Waals surface area contributed by atoms with E-state index < -0.39 is 5.97 Å². The Hall–Kier alpha value is -1.69. The second-order valence-corrected chi connectivity index (χ2v) is 4.43. The smallest absolute Gasteiger partial charge is 0.341 e. The van der Waals surface area contributed by atoms with Crippen LogP contribution < -0.4 is 5.73 Å². The Morgan fingerprint density at radius 2 is 2.41 bits per heavy atom. The predicted octanol–water partition coefficient (Wildman–Crippen LogP) is 0.566. The lowest BCUT2D eigenvalue weighted by Gasteiger charge is -2.28. The monoisotopic (exact) mass is 236 g/mol. The maximum absolute atomic E-state index is 10.8. The van der Waals surface area contributed by atoms with Crippen molar-refractivity contribution in [2.75, 3.05) is 25.9 Å². The summed E-state index contributed by atoms with van der Waals surface area (Å²) < 4.78 is 0. The van der Waals surface area contributed by atoms with Gasteiger partial charge in [0, 0.05) is 18.7 Å². The maximum Gasteiger partial charge on any atom is 0.341 e. The number of rotatable bonds is 2. The minimum absolute atomic E-state index is 0.0297. The predicted molar refractivity (Wildman–Crippen MR) is 62.9 cm³/mol. The molecule has 1 aromatic heterocycles. The third-order valence-corrected chi connectivity index (χ3v) is 3.06. The van der Waals surface area contributed by atoms with Gasteiger partial charge in [0.25, 0.3) is 0 Å². The quantitative estimate of drug-likeness (QED) is 0.779. The molecule has 0 aliphatic carbocycles. The summed E-state index contributed by atoms with van der Waals surface area (Å²) in [6, 6.07) is 0. The number of carboxylic acids is 1. The lowest BCUT2D eigenvalue weighted by molar-refractivity contribution is 0.0697. The molecule has 1 aromatic rings. The van der Waals surface area contributed by atoms with Crippen LogP contribution >= 0.6 is 0 Å². The first-order chi connectivity index (χ1) is 8.08. The first-order valence-electron chi connectivity index (χ1n) is 5.62. The fourth-order valence-electron chi connectivity index (χ4n) is 2.15. The number of aromatic nitrogens is 2. The highest BCUT2D eigenvalue weighted by atomic mass is 16.4. The minimum Gasteiger partial charge on any atom is -0.477 e. The molecule has 0 spiro atoms. The zero-order valence-corrected chi connectivity index (χ0v) is 9.76. The van der Waals surface area contributed by atoms with Gasteiger partial charge >= 0.3 is 5.97 Å². The molecule has 0 aromatic carbocycles. The van der Waals surface area contributed by atoms with Gasteiger partial charge in [-0.15, -0.1) is 0 Å². The highest BCUT2D eigenvalue weighted by molar-refractivity contribution is 5.92. The fraction of sp³-hybridized carbons (Fsp3) is 0.545.